The summed E-state index contributed by atoms with van der Waals surface area (Å²) in [6.07, 6.45) is 4.01. The first-order valence-electron chi connectivity index (χ1n) is 7.61. The molecule has 0 radical (unpaired) electrons. The number of nitrogens with one attached hydrogen (secondary N) is 1. The van der Waals surface area contributed by atoms with Crippen molar-refractivity contribution in [2.24, 2.45) is 5.92 Å². The molecule has 1 heterocycles. The Bertz CT molecular complexity index is 641. The van der Waals surface area contributed by atoms with E-state index in [0.717, 1.165) is 29.4 Å². The zero-order chi connectivity index (χ0) is 14.8. The van der Waals surface area contributed by atoms with Gasteiger partial charge in [-0.05, 0) is 31.7 Å². The lowest BCUT2D eigenvalue weighted by atomic mass is 10.0. The second-order valence-corrected chi connectivity index (χ2v) is 5.87. The number of furan rings is 1. The molecule has 21 heavy (non-hydrogen) atoms. The predicted molar refractivity (Wildman–Crippen MR) is 81.2 cm³/mol. The number of para-hydroxylation sites is 1. The van der Waals surface area contributed by atoms with Gasteiger partial charge in [0.1, 0.15) is 5.58 Å². The topological polar surface area (TPSA) is 62.5 Å². The summed E-state index contributed by atoms with van der Waals surface area (Å²) < 4.78 is 5.62. The summed E-state index contributed by atoms with van der Waals surface area (Å²) in [6.45, 7) is 2.17. The number of aliphatic hydroxyl groups excluding tert-OH is 1. The number of fused-ring (bicyclic) bond motifs is 1. The van der Waals surface area contributed by atoms with E-state index in [1.165, 1.54) is 12.8 Å². The number of carbonyl (C=O) groups excluding carboxylic acids is 1. The van der Waals surface area contributed by atoms with Crippen LogP contribution in [0.3, 0.4) is 0 Å². The number of amides is 1. The van der Waals surface area contributed by atoms with Crippen LogP contribution in [0.1, 0.15) is 41.8 Å². The standard InChI is InChI=1S/C17H21NO3/c1-11-13-8-4-5-9-15(13)21-16(11)17(20)18-10-14(19)12-6-2-3-7-12/h4-5,8-9,12,14,19H,2-3,6-7,10H2,1H3,(H,18,20). The highest BCUT2D eigenvalue weighted by Gasteiger charge is 2.24. The van der Waals surface area contributed by atoms with Gasteiger partial charge in [-0.3, -0.25) is 4.79 Å². The normalized spacial score (nSPS) is 17.2. The largest absolute Gasteiger partial charge is 0.451 e. The smallest absolute Gasteiger partial charge is 0.287 e. The molecule has 0 aliphatic heterocycles. The molecule has 1 atom stereocenters. The second kappa shape index (κ2) is 5.90. The van der Waals surface area contributed by atoms with Crippen LogP contribution in [0.15, 0.2) is 28.7 Å². The number of aryl methyl sites for hydroxylation is 1. The second-order valence-electron chi connectivity index (χ2n) is 5.87. The van der Waals surface area contributed by atoms with Gasteiger partial charge < -0.3 is 14.8 Å². The highest BCUT2D eigenvalue weighted by atomic mass is 16.3. The third-order valence-corrected chi connectivity index (χ3v) is 4.47. The molecule has 1 aromatic heterocycles. The van der Waals surface area contributed by atoms with Gasteiger partial charge in [-0.1, -0.05) is 31.0 Å². The predicted octanol–water partition coefficient (Wildman–Crippen LogP) is 3.02. The molecule has 1 aliphatic rings. The van der Waals surface area contributed by atoms with E-state index < -0.39 is 6.10 Å². The monoisotopic (exact) mass is 287 g/mol. The number of rotatable bonds is 4. The SMILES string of the molecule is Cc1c(C(=O)NCC(O)C2CCCC2)oc2ccccc12. The average Bonchev–Trinajstić information content (AvgIpc) is 3.13. The first-order chi connectivity index (χ1) is 10.2. The average molecular weight is 287 g/mol. The Kier molecular flexibility index (Phi) is 3.97. The molecule has 1 amide bonds. The molecule has 1 unspecified atom stereocenters. The van der Waals surface area contributed by atoms with Crippen LogP contribution in [-0.4, -0.2) is 23.7 Å². The van der Waals surface area contributed by atoms with Crippen molar-refractivity contribution in [2.45, 2.75) is 38.7 Å². The van der Waals surface area contributed by atoms with Crippen LogP contribution in [-0.2, 0) is 0 Å². The molecule has 0 bridgehead atoms. The first kappa shape index (κ1) is 14.1. The van der Waals surface area contributed by atoms with E-state index in [0.29, 0.717) is 18.2 Å². The van der Waals surface area contributed by atoms with Gasteiger partial charge in [-0.25, -0.2) is 0 Å². The molecule has 1 saturated carbocycles. The molecule has 1 fully saturated rings. The van der Waals surface area contributed by atoms with Gasteiger partial charge in [0.2, 0.25) is 0 Å². The van der Waals surface area contributed by atoms with E-state index in [1.54, 1.807) is 0 Å². The van der Waals surface area contributed by atoms with Gasteiger partial charge in [-0.15, -0.1) is 0 Å². The molecule has 4 heteroatoms. The minimum atomic E-state index is -0.457. The Morgan fingerprint density at radius 2 is 2.10 bits per heavy atom. The molecular weight excluding hydrogens is 266 g/mol. The molecule has 2 N–H and O–H groups in total. The Morgan fingerprint density at radius 1 is 1.38 bits per heavy atom. The Labute approximate surface area is 124 Å². The summed E-state index contributed by atoms with van der Waals surface area (Å²) >= 11 is 0. The van der Waals surface area contributed by atoms with Crippen LogP contribution in [0.25, 0.3) is 11.0 Å². The maximum atomic E-state index is 12.2. The van der Waals surface area contributed by atoms with Crippen molar-refractivity contribution in [3.05, 3.63) is 35.6 Å². The molecule has 0 saturated heterocycles. The summed E-state index contributed by atoms with van der Waals surface area (Å²) in [6, 6.07) is 7.61. The van der Waals surface area contributed by atoms with Crippen LogP contribution in [0, 0.1) is 12.8 Å². The summed E-state index contributed by atoms with van der Waals surface area (Å²) in [7, 11) is 0. The van der Waals surface area contributed by atoms with Crippen LogP contribution in [0.4, 0.5) is 0 Å². The lowest BCUT2D eigenvalue weighted by Gasteiger charge is -2.17. The molecule has 1 aromatic carbocycles. The highest BCUT2D eigenvalue weighted by molar-refractivity contribution is 5.98. The minimum Gasteiger partial charge on any atom is -0.451 e. The quantitative estimate of drug-likeness (QED) is 0.908. The van der Waals surface area contributed by atoms with Gasteiger partial charge in [0.25, 0.3) is 5.91 Å². The molecule has 3 rings (SSSR count). The van der Waals surface area contributed by atoms with E-state index in [2.05, 4.69) is 5.32 Å². The number of hydrogen-bond acceptors (Lipinski definition) is 3. The number of hydrogen-bond donors (Lipinski definition) is 2. The zero-order valence-corrected chi connectivity index (χ0v) is 12.3. The Hall–Kier alpha value is -1.81. The molecule has 112 valence electrons. The van der Waals surface area contributed by atoms with Crippen molar-refractivity contribution in [3.63, 3.8) is 0 Å². The summed E-state index contributed by atoms with van der Waals surface area (Å²) in [5.74, 6) is 0.414. The maximum Gasteiger partial charge on any atom is 0.287 e. The zero-order valence-electron chi connectivity index (χ0n) is 12.3. The van der Waals surface area contributed by atoms with E-state index in [-0.39, 0.29) is 5.91 Å². The van der Waals surface area contributed by atoms with Crippen molar-refractivity contribution in [1.82, 2.24) is 5.32 Å². The van der Waals surface area contributed by atoms with Gasteiger partial charge >= 0.3 is 0 Å². The number of carbonyl (C=O) groups is 1. The third-order valence-electron chi connectivity index (χ3n) is 4.47. The van der Waals surface area contributed by atoms with Crippen molar-refractivity contribution in [1.29, 1.82) is 0 Å². The van der Waals surface area contributed by atoms with Crippen LogP contribution < -0.4 is 5.32 Å². The van der Waals surface area contributed by atoms with Crippen molar-refractivity contribution in [2.75, 3.05) is 6.54 Å². The van der Waals surface area contributed by atoms with E-state index >= 15 is 0 Å². The molecule has 4 nitrogen and oxygen atoms in total. The first-order valence-corrected chi connectivity index (χ1v) is 7.61. The van der Waals surface area contributed by atoms with Crippen molar-refractivity contribution in [3.8, 4) is 0 Å². The summed E-state index contributed by atoms with van der Waals surface area (Å²) in [5, 5.41) is 13.9. The Morgan fingerprint density at radius 3 is 2.81 bits per heavy atom. The van der Waals surface area contributed by atoms with Crippen molar-refractivity contribution < 1.29 is 14.3 Å². The lowest BCUT2D eigenvalue weighted by Crippen LogP contribution is -2.35. The Balaban J connectivity index is 1.68. The fourth-order valence-corrected chi connectivity index (χ4v) is 3.18. The highest BCUT2D eigenvalue weighted by Crippen LogP contribution is 2.28. The van der Waals surface area contributed by atoms with E-state index in [9.17, 15) is 9.90 Å². The van der Waals surface area contributed by atoms with Gasteiger partial charge in [0.05, 0.1) is 6.10 Å². The van der Waals surface area contributed by atoms with E-state index in [1.807, 2.05) is 31.2 Å². The number of benzene rings is 1. The van der Waals surface area contributed by atoms with Crippen molar-refractivity contribution >= 4 is 16.9 Å². The fourth-order valence-electron chi connectivity index (χ4n) is 3.18. The molecule has 1 aliphatic carbocycles. The van der Waals surface area contributed by atoms with E-state index in [4.69, 9.17) is 4.42 Å². The van der Waals surface area contributed by atoms with Gasteiger partial charge in [0.15, 0.2) is 5.76 Å². The van der Waals surface area contributed by atoms with Crippen LogP contribution in [0.5, 0.6) is 0 Å². The van der Waals surface area contributed by atoms with Gasteiger partial charge in [0, 0.05) is 17.5 Å². The molecule has 0 spiro atoms. The fraction of sp³-hybridized carbons (Fsp3) is 0.471. The molecule has 2 aromatic rings. The number of aliphatic hydroxyl groups is 1. The maximum absolute atomic E-state index is 12.2. The van der Waals surface area contributed by atoms with Crippen LogP contribution >= 0.6 is 0 Å². The summed E-state index contributed by atoms with van der Waals surface area (Å²) in [4.78, 5) is 12.2. The summed E-state index contributed by atoms with van der Waals surface area (Å²) in [5.41, 5.74) is 1.56. The van der Waals surface area contributed by atoms with Gasteiger partial charge in [-0.2, -0.15) is 0 Å². The van der Waals surface area contributed by atoms with Crippen LogP contribution in [0.2, 0.25) is 0 Å². The third kappa shape index (κ3) is 2.81. The lowest BCUT2D eigenvalue weighted by molar-refractivity contribution is 0.0819. The molecular formula is C17H21NO3. The minimum absolute atomic E-state index is 0.249.